The minimum Gasteiger partial charge on any atom is -0.457 e. The van der Waals surface area contributed by atoms with Crippen molar-refractivity contribution >= 4 is 30.1 Å². The van der Waals surface area contributed by atoms with Gasteiger partial charge in [0.25, 0.3) is 0 Å². The predicted molar refractivity (Wildman–Crippen MR) is 106 cm³/mol. The number of ether oxygens (including phenoxy) is 1. The summed E-state index contributed by atoms with van der Waals surface area (Å²) in [6.07, 6.45) is 0. The standard InChI is InChI=1S/C12H10O.C8H10AsNO5/c1-3-7-11(8-4-1)13-12-9-5-2-6-10-12;1-5(11)10-7-4-2-3-6(8(7)12)9(13,14)15/h1-10H;2-4,12H,1H3,(H,10,11)(H2,13,14,15). The summed E-state index contributed by atoms with van der Waals surface area (Å²) in [4.78, 5) is 10.7. The van der Waals surface area contributed by atoms with E-state index < -0.39 is 30.2 Å². The molecule has 4 N–H and O–H groups in total. The van der Waals surface area contributed by atoms with Gasteiger partial charge >= 0.3 is 88.1 Å². The Morgan fingerprint density at radius 2 is 1.36 bits per heavy atom. The minimum absolute atomic E-state index is 0.00951. The second-order valence-electron chi connectivity index (χ2n) is 5.63. The van der Waals surface area contributed by atoms with Gasteiger partial charge in [0, 0.05) is 0 Å². The maximum atomic E-state index is 11.0. The molecular weight excluding hydrogens is 425 g/mol. The quantitative estimate of drug-likeness (QED) is 0.362. The van der Waals surface area contributed by atoms with Gasteiger partial charge in [-0.2, -0.15) is 0 Å². The van der Waals surface area contributed by atoms with Crippen molar-refractivity contribution in [2.45, 2.75) is 6.92 Å². The molecule has 0 aliphatic carbocycles. The number of amides is 1. The van der Waals surface area contributed by atoms with Crippen LogP contribution in [0.25, 0.3) is 0 Å². The van der Waals surface area contributed by atoms with Crippen LogP contribution in [0.2, 0.25) is 0 Å². The van der Waals surface area contributed by atoms with Crippen molar-refractivity contribution in [1.82, 2.24) is 0 Å². The van der Waals surface area contributed by atoms with E-state index in [1.54, 1.807) is 0 Å². The van der Waals surface area contributed by atoms with Crippen LogP contribution in [-0.4, -0.2) is 33.4 Å². The SMILES string of the molecule is CC(=O)Nc1cccc([As](=O)(O)O)c1O.c1ccc(Oc2ccccc2)cc1. The molecule has 0 heterocycles. The summed E-state index contributed by atoms with van der Waals surface area (Å²) in [6, 6.07) is 23.3. The van der Waals surface area contributed by atoms with Crippen molar-refractivity contribution in [3.05, 3.63) is 78.9 Å². The zero-order chi connectivity index (χ0) is 20.6. The Balaban J connectivity index is 0.000000202. The predicted octanol–water partition coefficient (Wildman–Crippen LogP) is 2.39. The Labute approximate surface area is 165 Å². The molecule has 8 heteroatoms. The van der Waals surface area contributed by atoms with Crippen molar-refractivity contribution in [3.8, 4) is 17.2 Å². The molecule has 3 rings (SSSR count). The van der Waals surface area contributed by atoms with Crippen LogP contribution in [0.4, 0.5) is 5.69 Å². The van der Waals surface area contributed by atoms with E-state index in [4.69, 9.17) is 12.9 Å². The van der Waals surface area contributed by atoms with E-state index in [9.17, 15) is 13.6 Å². The monoisotopic (exact) mass is 445 g/mol. The second kappa shape index (κ2) is 9.80. The number of carbonyl (C=O) groups is 1. The summed E-state index contributed by atoms with van der Waals surface area (Å²) in [5.74, 6) is 0.725. The van der Waals surface area contributed by atoms with Gasteiger partial charge in [-0.3, -0.25) is 0 Å². The van der Waals surface area contributed by atoms with Gasteiger partial charge < -0.3 is 4.74 Å². The second-order valence-corrected chi connectivity index (χ2v) is 8.92. The molecule has 0 fully saturated rings. The molecule has 0 radical (unpaired) electrons. The normalized spacial score (nSPS) is 10.4. The number of carbonyl (C=O) groups excluding carboxylic acids is 1. The van der Waals surface area contributed by atoms with Gasteiger partial charge in [0.2, 0.25) is 0 Å². The van der Waals surface area contributed by atoms with E-state index in [1.807, 2.05) is 60.7 Å². The molecule has 0 saturated heterocycles. The Kier molecular flexibility index (Phi) is 7.46. The third kappa shape index (κ3) is 6.63. The Morgan fingerprint density at radius 3 is 1.79 bits per heavy atom. The average molecular weight is 445 g/mol. The maximum Gasteiger partial charge on any atom is 0.127 e. The molecule has 28 heavy (non-hydrogen) atoms. The van der Waals surface area contributed by atoms with Crippen LogP contribution in [0.5, 0.6) is 17.2 Å². The van der Waals surface area contributed by atoms with Crippen LogP contribution in [0, 0.1) is 0 Å². The Hall–Kier alpha value is -2.99. The zero-order valence-electron chi connectivity index (χ0n) is 15.0. The molecule has 146 valence electrons. The van der Waals surface area contributed by atoms with Gasteiger partial charge in [-0.15, -0.1) is 0 Å². The summed E-state index contributed by atoms with van der Waals surface area (Å²) >= 11 is -5.15. The van der Waals surface area contributed by atoms with Crippen molar-refractivity contribution in [2.24, 2.45) is 0 Å². The summed E-state index contributed by atoms with van der Waals surface area (Å²) in [5, 5.41) is 11.7. The van der Waals surface area contributed by atoms with Gasteiger partial charge in [0.15, 0.2) is 0 Å². The zero-order valence-corrected chi connectivity index (χ0v) is 16.9. The minimum atomic E-state index is -5.15. The fourth-order valence-electron chi connectivity index (χ4n) is 2.17. The first-order valence-corrected chi connectivity index (χ1v) is 11.6. The molecule has 3 aromatic carbocycles. The number of phenolic OH excluding ortho intramolecular Hbond substituents is 1. The first-order chi connectivity index (χ1) is 13.3. The van der Waals surface area contributed by atoms with Crippen LogP contribution in [0.1, 0.15) is 6.92 Å². The summed E-state index contributed by atoms with van der Waals surface area (Å²) in [7, 11) is 0. The maximum absolute atomic E-state index is 11.0. The largest absolute Gasteiger partial charge is 0.457 e. The van der Waals surface area contributed by atoms with E-state index in [1.165, 1.54) is 19.1 Å². The van der Waals surface area contributed by atoms with Gasteiger partial charge in [-0.05, 0) is 24.3 Å². The molecular formula is C20H20AsNO6. The smallest absolute Gasteiger partial charge is 0.127 e. The van der Waals surface area contributed by atoms with Crippen LogP contribution in [-0.2, 0) is 8.53 Å². The average Bonchev–Trinajstić information content (AvgIpc) is 2.64. The molecule has 0 atom stereocenters. The molecule has 0 saturated carbocycles. The number of nitrogens with one attached hydrogen (secondary N) is 1. The number of hydrogen-bond acceptors (Lipinski definition) is 4. The van der Waals surface area contributed by atoms with Crippen molar-refractivity contribution in [2.75, 3.05) is 5.32 Å². The number of hydrogen-bond donors (Lipinski definition) is 4. The van der Waals surface area contributed by atoms with Gasteiger partial charge in [-0.1, -0.05) is 36.4 Å². The third-order valence-corrected chi connectivity index (χ3v) is 5.44. The number of rotatable bonds is 4. The van der Waals surface area contributed by atoms with Crippen LogP contribution in [0.3, 0.4) is 0 Å². The number of phenols is 1. The van der Waals surface area contributed by atoms with E-state index in [0.29, 0.717) is 0 Å². The third-order valence-electron chi connectivity index (χ3n) is 3.36. The number of benzene rings is 3. The molecule has 0 aromatic heterocycles. The van der Waals surface area contributed by atoms with E-state index in [2.05, 4.69) is 5.32 Å². The topological polar surface area (TPSA) is 116 Å². The first-order valence-electron chi connectivity index (χ1n) is 8.21. The molecule has 1 amide bonds. The summed E-state index contributed by atoms with van der Waals surface area (Å²) in [5.41, 5.74) is -0.00951. The fourth-order valence-corrected chi connectivity index (χ4v) is 3.59. The number of aromatic hydroxyl groups is 1. The molecule has 0 unspecified atom stereocenters. The number of para-hydroxylation sites is 3. The molecule has 0 bridgehead atoms. The molecule has 0 aliphatic rings. The van der Waals surface area contributed by atoms with Gasteiger partial charge in [0.05, 0.1) is 0 Å². The van der Waals surface area contributed by atoms with Crippen LogP contribution in [0.15, 0.2) is 78.9 Å². The van der Waals surface area contributed by atoms with Gasteiger partial charge in [-0.25, -0.2) is 0 Å². The Morgan fingerprint density at radius 1 is 0.857 bits per heavy atom. The molecule has 3 aromatic rings. The molecule has 0 spiro atoms. The van der Waals surface area contributed by atoms with Crippen LogP contribution < -0.4 is 14.4 Å². The van der Waals surface area contributed by atoms with Crippen molar-refractivity contribution < 1.29 is 26.6 Å². The molecule has 7 nitrogen and oxygen atoms in total. The van der Waals surface area contributed by atoms with E-state index in [0.717, 1.165) is 17.6 Å². The summed E-state index contributed by atoms with van der Waals surface area (Å²) < 4.78 is 34.0. The fraction of sp³-hybridized carbons (Fsp3) is 0.0500. The number of anilines is 1. The van der Waals surface area contributed by atoms with E-state index >= 15 is 0 Å². The summed E-state index contributed by atoms with van der Waals surface area (Å²) in [6.45, 7) is 1.23. The van der Waals surface area contributed by atoms with E-state index in [-0.39, 0.29) is 5.69 Å². The molecule has 0 aliphatic heterocycles. The first kappa shape index (κ1) is 21.3. The van der Waals surface area contributed by atoms with Crippen molar-refractivity contribution in [1.29, 1.82) is 0 Å². The van der Waals surface area contributed by atoms with Crippen LogP contribution >= 0.6 is 0 Å². The van der Waals surface area contributed by atoms with Crippen molar-refractivity contribution in [3.63, 3.8) is 0 Å². The Bertz CT molecular complexity index is 919. The van der Waals surface area contributed by atoms with Gasteiger partial charge in [0.1, 0.15) is 11.5 Å².